The molecule has 0 saturated heterocycles. The predicted molar refractivity (Wildman–Crippen MR) is 86.4 cm³/mol. The smallest absolute Gasteiger partial charge is 0.303 e. The number of carbonyl (C=O) groups is 3. The summed E-state index contributed by atoms with van der Waals surface area (Å²) in [4.78, 5) is 34.1. The molecular formula is C16H27N3O4. The minimum absolute atomic E-state index is 0.0666. The van der Waals surface area contributed by atoms with Crippen LogP contribution >= 0.6 is 0 Å². The highest BCUT2D eigenvalue weighted by Crippen LogP contribution is 2.16. The van der Waals surface area contributed by atoms with Crippen molar-refractivity contribution in [3.63, 3.8) is 0 Å². The summed E-state index contributed by atoms with van der Waals surface area (Å²) in [5.74, 6) is -0.786. The zero-order valence-electron chi connectivity index (χ0n) is 13.8. The van der Waals surface area contributed by atoms with E-state index in [1.54, 1.807) is 6.92 Å². The number of nitrogens with one attached hydrogen (secondary N) is 2. The standard InChI is InChI=1S/C16H27N3O4/c1-11(23-12(2)20)3-8-15(21)18-10-9-16(22)19-14-6-4-13(17)5-7-14/h3,8,11,13-14H,4-7,9-10,17H2,1-2H3,(H,18,21)(H,19,22)/b8-3-/t11-,13?,14?/m0/s1. The number of rotatable bonds is 7. The quantitative estimate of drug-likeness (QED) is 0.463. The molecule has 0 spiro atoms. The molecule has 1 saturated carbocycles. The van der Waals surface area contributed by atoms with Crippen molar-refractivity contribution >= 4 is 17.8 Å². The second-order valence-electron chi connectivity index (χ2n) is 5.89. The number of hydrogen-bond acceptors (Lipinski definition) is 5. The molecule has 7 nitrogen and oxygen atoms in total. The number of carbonyl (C=O) groups excluding carboxylic acids is 3. The van der Waals surface area contributed by atoms with E-state index in [-0.39, 0.29) is 36.9 Å². The number of nitrogens with two attached hydrogens (primary N) is 1. The molecule has 0 aliphatic heterocycles. The van der Waals surface area contributed by atoms with Gasteiger partial charge in [0.1, 0.15) is 6.10 Å². The van der Waals surface area contributed by atoms with Crippen molar-refractivity contribution in [3.05, 3.63) is 12.2 Å². The van der Waals surface area contributed by atoms with Gasteiger partial charge in [0.25, 0.3) is 0 Å². The van der Waals surface area contributed by atoms with Crippen LogP contribution in [-0.2, 0) is 19.1 Å². The molecule has 0 aromatic carbocycles. The molecule has 1 aliphatic carbocycles. The van der Waals surface area contributed by atoms with Gasteiger partial charge in [0.05, 0.1) is 0 Å². The fourth-order valence-electron chi connectivity index (χ4n) is 2.45. The van der Waals surface area contributed by atoms with Gasteiger partial charge in [-0.3, -0.25) is 14.4 Å². The molecule has 2 amide bonds. The summed E-state index contributed by atoms with van der Waals surface area (Å²) >= 11 is 0. The summed E-state index contributed by atoms with van der Waals surface area (Å²) in [7, 11) is 0. The summed E-state index contributed by atoms with van der Waals surface area (Å²) in [6, 6.07) is 0.450. The van der Waals surface area contributed by atoms with E-state index in [0.29, 0.717) is 0 Å². The Morgan fingerprint density at radius 1 is 1.26 bits per heavy atom. The van der Waals surface area contributed by atoms with Crippen molar-refractivity contribution in [2.45, 2.75) is 64.1 Å². The summed E-state index contributed by atoms with van der Waals surface area (Å²) < 4.78 is 4.86. The normalized spacial score (nSPS) is 22.4. The van der Waals surface area contributed by atoms with Crippen LogP contribution in [0.1, 0.15) is 46.0 Å². The van der Waals surface area contributed by atoms with Crippen molar-refractivity contribution in [2.24, 2.45) is 5.73 Å². The Kier molecular flexibility index (Phi) is 8.32. The molecule has 0 bridgehead atoms. The predicted octanol–water partition coefficient (Wildman–Crippen LogP) is 0.387. The first-order valence-electron chi connectivity index (χ1n) is 8.05. The molecule has 130 valence electrons. The van der Waals surface area contributed by atoms with Crippen LogP contribution in [0.4, 0.5) is 0 Å². The van der Waals surface area contributed by atoms with Gasteiger partial charge in [0.2, 0.25) is 11.8 Å². The highest BCUT2D eigenvalue weighted by molar-refractivity contribution is 5.88. The van der Waals surface area contributed by atoms with E-state index in [1.807, 2.05) is 0 Å². The molecule has 0 heterocycles. The first-order chi connectivity index (χ1) is 10.9. The van der Waals surface area contributed by atoms with Gasteiger partial charge in [0, 0.05) is 38.0 Å². The maximum absolute atomic E-state index is 11.8. The van der Waals surface area contributed by atoms with Gasteiger partial charge in [-0.2, -0.15) is 0 Å². The van der Waals surface area contributed by atoms with Gasteiger partial charge >= 0.3 is 5.97 Å². The zero-order chi connectivity index (χ0) is 17.2. The molecular weight excluding hydrogens is 298 g/mol. The third kappa shape index (κ3) is 8.97. The van der Waals surface area contributed by atoms with Crippen LogP contribution in [0.25, 0.3) is 0 Å². The van der Waals surface area contributed by atoms with Crippen LogP contribution in [-0.4, -0.2) is 42.5 Å². The molecule has 7 heteroatoms. The maximum Gasteiger partial charge on any atom is 0.303 e. The fraction of sp³-hybridized carbons (Fsp3) is 0.688. The van der Waals surface area contributed by atoms with E-state index in [4.69, 9.17) is 10.5 Å². The number of esters is 1. The molecule has 4 N–H and O–H groups in total. The number of amides is 2. The first kappa shape index (κ1) is 19.2. The Morgan fingerprint density at radius 3 is 2.52 bits per heavy atom. The van der Waals surface area contributed by atoms with Crippen molar-refractivity contribution < 1.29 is 19.1 Å². The molecule has 0 unspecified atom stereocenters. The topological polar surface area (TPSA) is 111 Å². The summed E-state index contributed by atoms with van der Waals surface area (Å²) in [5.41, 5.74) is 5.82. The minimum atomic E-state index is -0.459. The van der Waals surface area contributed by atoms with Crippen LogP contribution in [0.5, 0.6) is 0 Å². The summed E-state index contributed by atoms with van der Waals surface area (Å²) in [6.07, 6.45) is 6.27. The summed E-state index contributed by atoms with van der Waals surface area (Å²) in [5, 5.41) is 5.58. The van der Waals surface area contributed by atoms with Gasteiger partial charge in [-0.05, 0) is 38.7 Å². The van der Waals surface area contributed by atoms with E-state index >= 15 is 0 Å². The number of ether oxygens (including phenoxy) is 1. The van der Waals surface area contributed by atoms with Crippen molar-refractivity contribution in [1.29, 1.82) is 0 Å². The van der Waals surface area contributed by atoms with Crippen LogP contribution in [0.2, 0.25) is 0 Å². The summed E-state index contributed by atoms with van der Waals surface area (Å²) in [6.45, 7) is 3.24. The van der Waals surface area contributed by atoms with Gasteiger partial charge < -0.3 is 21.1 Å². The molecule has 1 fully saturated rings. The van der Waals surface area contributed by atoms with Gasteiger partial charge in [-0.15, -0.1) is 0 Å². The Balaban J connectivity index is 2.15. The average Bonchev–Trinajstić information content (AvgIpc) is 2.47. The third-order valence-corrected chi connectivity index (χ3v) is 3.66. The second-order valence-corrected chi connectivity index (χ2v) is 5.89. The van der Waals surface area contributed by atoms with Gasteiger partial charge in [-0.1, -0.05) is 0 Å². The van der Waals surface area contributed by atoms with E-state index in [2.05, 4.69) is 10.6 Å². The van der Waals surface area contributed by atoms with Crippen molar-refractivity contribution in [2.75, 3.05) is 6.54 Å². The van der Waals surface area contributed by atoms with Crippen LogP contribution < -0.4 is 16.4 Å². The average molecular weight is 325 g/mol. The zero-order valence-corrected chi connectivity index (χ0v) is 13.8. The lowest BCUT2D eigenvalue weighted by Crippen LogP contribution is -2.41. The third-order valence-electron chi connectivity index (χ3n) is 3.66. The van der Waals surface area contributed by atoms with Crippen molar-refractivity contribution in [3.8, 4) is 0 Å². The molecule has 23 heavy (non-hydrogen) atoms. The van der Waals surface area contributed by atoms with E-state index in [0.717, 1.165) is 25.7 Å². The molecule has 0 radical (unpaired) electrons. The molecule has 1 rings (SSSR count). The van der Waals surface area contributed by atoms with E-state index in [1.165, 1.54) is 19.1 Å². The second kappa shape index (κ2) is 9.99. The van der Waals surface area contributed by atoms with Gasteiger partial charge in [-0.25, -0.2) is 0 Å². The first-order valence-corrected chi connectivity index (χ1v) is 8.05. The lowest BCUT2D eigenvalue weighted by molar-refractivity contribution is -0.143. The van der Waals surface area contributed by atoms with Crippen LogP contribution in [0, 0.1) is 0 Å². The largest absolute Gasteiger partial charge is 0.459 e. The molecule has 1 aliphatic rings. The maximum atomic E-state index is 11.8. The van der Waals surface area contributed by atoms with Crippen LogP contribution in [0.3, 0.4) is 0 Å². The lowest BCUT2D eigenvalue weighted by Gasteiger charge is -2.26. The Bertz CT molecular complexity index is 443. The highest BCUT2D eigenvalue weighted by Gasteiger charge is 2.19. The fourth-order valence-corrected chi connectivity index (χ4v) is 2.45. The molecule has 0 aromatic heterocycles. The Labute approximate surface area is 137 Å². The molecule has 1 atom stereocenters. The molecule has 0 aromatic rings. The van der Waals surface area contributed by atoms with Gasteiger partial charge in [0.15, 0.2) is 0 Å². The Hall–Kier alpha value is -1.89. The van der Waals surface area contributed by atoms with Crippen molar-refractivity contribution in [1.82, 2.24) is 10.6 Å². The monoisotopic (exact) mass is 325 g/mol. The highest BCUT2D eigenvalue weighted by atomic mass is 16.5. The number of hydrogen-bond donors (Lipinski definition) is 3. The minimum Gasteiger partial charge on any atom is -0.459 e. The SMILES string of the molecule is CC(=O)O[C@@H](C)/C=C\C(=O)NCCC(=O)NC1CCC(N)CC1. The Morgan fingerprint density at radius 2 is 1.91 bits per heavy atom. The van der Waals surface area contributed by atoms with E-state index in [9.17, 15) is 14.4 Å². The van der Waals surface area contributed by atoms with Crippen LogP contribution in [0.15, 0.2) is 12.2 Å². The lowest BCUT2D eigenvalue weighted by atomic mass is 9.92. The van der Waals surface area contributed by atoms with E-state index < -0.39 is 12.1 Å².